The molecule has 0 amide bonds. The number of nitrogens with one attached hydrogen (secondary N) is 1. The first-order valence-corrected chi connectivity index (χ1v) is 5.59. The zero-order valence-corrected chi connectivity index (χ0v) is 10.0. The minimum atomic E-state index is -0.346. The second kappa shape index (κ2) is 9.93. The Hall–Kier alpha value is -0.610. The first-order chi connectivity index (χ1) is 7.26. The van der Waals surface area contributed by atoms with E-state index in [1.165, 1.54) is 26.4 Å². The molecule has 0 rings (SSSR count). The number of hydrogen-bond donors (Lipinski definition) is 1. The van der Waals surface area contributed by atoms with Crippen LogP contribution in [0, 0.1) is 0 Å². The van der Waals surface area contributed by atoms with Gasteiger partial charge in [-0.25, -0.2) is 0 Å². The highest BCUT2D eigenvalue weighted by molar-refractivity contribution is 5.75. The molecule has 0 heterocycles. The van der Waals surface area contributed by atoms with Crippen molar-refractivity contribution in [3.63, 3.8) is 0 Å². The van der Waals surface area contributed by atoms with Gasteiger partial charge in [-0.05, 0) is 13.5 Å². The monoisotopic (exact) mass is 217 g/mol. The molecule has 4 nitrogen and oxygen atoms in total. The molecule has 15 heavy (non-hydrogen) atoms. The zero-order chi connectivity index (χ0) is 11.5. The molecule has 1 atom stereocenters. The van der Waals surface area contributed by atoms with Crippen LogP contribution in [-0.2, 0) is 14.3 Å². The van der Waals surface area contributed by atoms with Gasteiger partial charge in [-0.15, -0.1) is 0 Å². The minimum absolute atomic E-state index is 0.272. The molecule has 0 saturated carbocycles. The third kappa shape index (κ3) is 7.33. The highest BCUT2D eigenvalue weighted by atomic mass is 16.5. The standard InChI is InChI=1S/C11H23NO3/c1-4-5-6-7-8-15-9-10(12-2)11(13)14-3/h10,12H,4-9H2,1-3H3. The average molecular weight is 217 g/mol. The quantitative estimate of drug-likeness (QED) is 0.468. The van der Waals surface area contributed by atoms with Gasteiger partial charge in [-0.3, -0.25) is 4.79 Å². The maximum Gasteiger partial charge on any atom is 0.325 e. The smallest absolute Gasteiger partial charge is 0.325 e. The van der Waals surface area contributed by atoms with Gasteiger partial charge < -0.3 is 14.8 Å². The van der Waals surface area contributed by atoms with Crippen molar-refractivity contribution in [1.29, 1.82) is 0 Å². The fourth-order valence-corrected chi connectivity index (χ4v) is 1.24. The van der Waals surface area contributed by atoms with Gasteiger partial charge >= 0.3 is 5.97 Å². The Morgan fingerprint density at radius 3 is 2.60 bits per heavy atom. The van der Waals surface area contributed by atoms with Gasteiger partial charge in [0.1, 0.15) is 6.04 Å². The third-order valence-electron chi connectivity index (χ3n) is 2.26. The lowest BCUT2D eigenvalue weighted by Gasteiger charge is -2.13. The van der Waals surface area contributed by atoms with Gasteiger partial charge in [0.05, 0.1) is 13.7 Å². The van der Waals surface area contributed by atoms with Crippen LogP contribution in [0.4, 0.5) is 0 Å². The molecule has 0 aliphatic rings. The van der Waals surface area contributed by atoms with Gasteiger partial charge in [0, 0.05) is 6.61 Å². The van der Waals surface area contributed by atoms with Gasteiger partial charge in [0.2, 0.25) is 0 Å². The van der Waals surface area contributed by atoms with E-state index >= 15 is 0 Å². The first kappa shape index (κ1) is 14.4. The summed E-state index contributed by atoms with van der Waals surface area (Å²) in [6.45, 7) is 3.28. The number of unbranched alkanes of at least 4 members (excludes halogenated alkanes) is 3. The molecule has 0 aromatic heterocycles. The topological polar surface area (TPSA) is 47.6 Å². The fourth-order valence-electron chi connectivity index (χ4n) is 1.24. The summed E-state index contributed by atoms with van der Waals surface area (Å²) in [5.41, 5.74) is 0. The van der Waals surface area contributed by atoms with E-state index in [2.05, 4.69) is 17.0 Å². The Morgan fingerprint density at radius 2 is 2.07 bits per heavy atom. The minimum Gasteiger partial charge on any atom is -0.468 e. The highest BCUT2D eigenvalue weighted by Crippen LogP contribution is 1.99. The molecule has 0 spiro atoms. The molecule has 0 radical (unpaired) electrons. The van der Waals surface area contributed by atoms with E-state index in [4.69, 9.17) is 4.74 Å². The largest absolute Gasteiger partial charge is 0.468 e. The number of ether oxygens (including phenoxy) is 2. The van der Waals surface area contributed by atoms with Crippen LogP contribution in [0.15, 0.2) is 0 Å². The van der Waals surface area contributed by atoms with E-state index < -0.39 is 0 Å². The predicted octanol–water partition coefficient (Wildman–Crippen LogP) is 1.34. The first-order valence-electron chi connectivity index (χ1n) is 5.59. The molecule has 0 fully saturated rings. The van der Waals surface area contributed by atoms with Gasteiger partial charge in [0.25, 0.3) is 0 Å². The summed E-state index contributed by atoms with van der Waals surface area (Å²) in [6.07, 6.45) is 4.72. The normalized spacial score (nSPS) is 12.5. The number of carbonyl (C=O) groups excluding carboxylic acids is 1. The SMILES string of the molecule is CCCCCCOCC(NC)C(=O)OC. The molecular weight excluding hydrogens is 194 g/mol. The summed E-state index contributed by atoms with van der Waals surface area (Å²) < 4.78 is 10.0. The van der Waals surface area contributed by atoms with Crippen LogP contribution in [0.3, 0.4) is 0 Å². The summed E-state index contributed by atoms with van der Waals surface area (Å²) in [5.74, 6) is -0.272. The van der Waals surface area contributed by atoms with Crippen molar-refractivity contribution >= 4 is 5.97 Å². The van der Waals surface area contributed by atoms with Crippen molar-refractivity contribution in [2.24, 2.45) is 0 Å². The van der Waals surface area contributed by atoms with Gasteiger partial charge in [-0.1, -0.05) is 26.2 Å². The van der Waals surface area contributed by atoms with Crippen molar-refractivity contribution in [2.45, 2.75) is 38.6 Å². The number of rotatable bonds is 9. The summed E-state index contributed by atoms with van der Waals surface area (Å²) in [4.78, 5) is 11.1. The number of carbonyl (C=O) groups is 1. The molecule has 0 aliphatic heterocycles. The Kier molecular flexibility index (Phi) is 9.52. The molecule has 0 bridgehead atoms. The van der Waals surface area contributed by atoms with E-state index in [0.717, 1.165) is 13.0 Å². The Morgan fingerprint density at radius 1 is 1.33 bits per heavy atom. The van der Waals surface area contributed by atoms with Crippen molar-refractivity contribution in [3.05, 3.63) is 0 Å². The van der Waals surface area contributed by atoms with E-state index in [1.54, 1.807) is 7.05 Å². The summed E-state index contributed by atoms with van der Waals surface area (Å²) in [5, 5.41) is 2.86. The lowest BCUT2D eigenvalue weighted by atomic mass is 10.2. The third-order valence-corrected chi connectivity index (χ3v) is 2.26. The average Bonchev–Trinajstić information content (AvgIpc) is 2.27. The maximum absolute atomic E-state index is 11.1. The summed E-state index contributed by atoms with van der Waals surface area (Å²) >= 11 is 0. The Balaban J connectivity index is 3.42. The van der Waals surface area contributed by atoms with E-state index in [-0.39, 0.29) is 12.0 Å². The second-order valence-electron chi connectivity index (χ2n) is 3.50. The lowest BCUT2D eigenvalue weighted by molar-refractivity contribution is -0.144. The predicted molar refractivity (Wildman–Crippen MR) is 59.8 cm³/mol. The maximum atomic E-state index is 11.1. The van der Waals surface area contributed by atoms with Crippen LogP contribution in [0.5, 0.6) is 0 Å². The molecule has 0 aliphatic carbocycles. The highest BCUT2D eigenvalue weighted by Gasteiger charge is 2.16. The van der Waals surface area contributed by atoms with Crippen molar-refractivity contribution in [1.82, 2.24) is 5.32 Å². The number of methoxy groups -OCH3 is 1. The second-order valence-corrected chi connectivity index (χ2v) is 3.50. The Labute approximate surface area is 92.3 Å². The lowest BCUT2D eigenvalue weighted by Crippen LogP contribution is -2.39. The summed E-state index contributed by atoms with van der Waals surface area (Å²) in [7, 11) is 3.11. The zero-order valence-electron chi connectivity index (χ0n) is 10.0. The molecular formula is C11H23NO3. The van der Waals surface area contributed by atoms with E-state index in [1.807, 2.05) is 0 Å². The molecule has 1 N–H and O–H groups in total. The molecule has 90 valence electrons. The fraction of sp³-hybridized carbons (Fsp3) is 0.909. The van der Waals surface area contributed by atoms with Crippen LogP contribution >= 0.6 is 0 Å². The van der Waals surface area contributed by atoms with Crippen molar-refractivity contribution in [2.75, 3.05) is 27.4 Å². The Bertz CT molecular complexity index is 162. The van der Waals surface area contributed by atoms with Gasteiger partial charge in [0.15, 0.2) is 0 Å². The van der Waals surface area contributed by atoms with Crippen molar-refractivity contribution in [3.8, 4) is 0 Å². The van der Waals surface area contributed by atoms with E-state index in [0.29, 0.717) is 6.61 Å². The molecule has 1 unspecified atom stereocenters. The van der Waals surface area contributed by atoms with Gasteiger partial charge in [-0.2, -0.15) is 0 Å². The van der Waals surface area contributed by atoms with E-state index in [9.17, 15) is 4.79 Å². The van der Waals surface area contributed by atoms with Crippen molar-refractivity contribution < 1.29 is 14.3 Å². The van der Waals surface area contributed by atoms with Crippen LogP contribution < -0.4 is 5.32 Å². The van der Waals surface area contributed by atoms with Crippen LogP contribution in [-0.4, -0.2) is 39.4 Å². The van der Waals surface area contributed by atoms with Crippen LogP contribution in [0.25, 0.3) is 0 Å². The van der Waals surface area contributed by atoms with Crippen LogP contribution in [0.2, 0.25) is 0 Å². The molecule has 0 aromatic rings. The molecule has 0 saturated heterocycles. The number of esters is 1. The molecule has 0 aromatic carbocycles. The summed E-state index contributed by atoms with van der Waals surface area (Å²) in [6, 6.07) is -0.346. The molecule has 4 heteroatoms. The number of likely N-dealkylation sites (N-methyl/N-ethyl adjacent to an activating group) is 1. The van der Waals surface area contributed by atoms with Crippen LogP contribution in [0.1, 0.15) is 32.6 Å². The number of hydrogen-bond acceptors (Lipinski definition) is 4.